The van der Waals surface area contributed by atoms with E-state index >= 15 is 0 Å². The fourth-order valence-electron chi connectivity index (χ4n) is 2.65. The number of nitrogens with one attached hydrogen (secondary N) is 1. The molecule has 0 spiro atoms. The van der Waals surface area contributed by atoms with E-state index in [9.17, 15) is 4.79 Å². The number of nitrogens with zero attached hydrogens (tertiary/aromatic N) is 1. The monoisotopic (exact) mass is 328 g/mol. The molecule has 3 rings (SSSR count). The van der Waals surface area contributed by atoms with Crippen molar-refractivity contribution in [1.29, 1.82) is 0 Å². The lowest BCUT2D eigenvalue weighted by Crippen LogP contribution is -2.26. The van der Waals surface area contributed by atoms with Crippen LogP contribution in [0.5, 0.6) is 0 Å². The molecular formula is C19H24N2O3. The Morgan fingerprint density at radius 2 is 2.00 bits per heavy atom. The van der Waals surface area contributed by atoms with Gasteiger partial charge in [0.25, 0.3) is 5.91 Å². The first-order valence-corrected chi connectivity index (χ1v) is 8.50. The van der Waals surface area contributed by atoms with Gasteiger partial charge in [0.2, 0.25) is 0 Å². The van der Waals surface area contributed by atoms with Gasteiger partial charge in [-0.3, -0.25) is 9.69 Å². The van der Waals surface area contributed by atoms with Gasteiger partial charge in [-0.1, -0.05) is 12.1 Å². The molecule has 0 saturated heterocycles. The van der Waals surface area contributed by atoms with E-state index in [1.165, 1.54) is 0 Å². The Kier molecular flexibility index (Phi) is 5.67. The molecule has 0 unspecified atom stereocenters. The van der Waals surface area contributed by atoms with Crippen LogP contribution in [0.1, 0.15) is 40.9 Å². The summed E-state index contributed by atoms with van der Waals surface area (Å²) >= 11 is 0. The smallest absolute Gasteiger partial charge is 0.251 e. The van der Waals surface area contributed by atoms with E-state index in [1.807, 2.05) is 36.4 Å². The zero-order valence-corrected chi connectivity index (χ0v) is 13.8. The molecule has 1 aliphatic carbocycles. The average molecular weight is 328 g/mol. The van der Waals surface area contributed by atoms with Gasteiger partial charge in [-0.05, 0) is 49.1 Å². The maximum atomic E-state index is 12.0. The second-order valence-corrected chi connectivity index (χ2v) is 6.31. The maximum Gasteiger partial charge on any atom is 0.251 e. The lowest BCUT2D eigenvalue weighted by molar-refractivity contribution is 0.0951. The molecule has 0 radical (unpaired) electrons. The van der Waals surface area contributed by atoms with Gasteiger partial charge < -0.3 is 14.8 Å². The Morgan fingerprint density at radius 3 is 2.62 bits per heavy atom. The number of amides is 1. The Labute approximate surface area is 142 Å². The van der Waals surface area contributed by atoms with Crippen LogP contribution in [0.2, 0.25) is 0 Å². The van der Waals surface area contributed by atoms with E-state index in [1.54, 1.807) is 6.26 Å². The zero-order chi connectivity index (χ0) is 16.8. The van der Waals surface area contributed by atoms with Crippen LogP contribution < -0.4 is 5.32 Å². The summed E-state index contributed by atoms with van der Waals surface area (Å²) in [5.41, 5.74) is 1.85. The van der Waals surface area contributed by atoms with Crippen LogP contribution in [-0.2, 0) is 13.1 Å². The highest BCUT2D eigenvalue weighted by atomic mass is 16.3. The minimum atomic E-state index is 0.0109. The second kappa shape index (κ2) is 8.13. The second-order valence-electron chi connectivity index (χ2n) is 6.31. The summed E-state index contributed by atoms with van der Waals surface area (Å²) in [5.74, 6) is 0.921. The molecule has 1 heterocycles. The fourth-order valence-corrected chi connectivity index (χ4v) is 2.65. The van der Waals surface area contributed by atoms with Gasteiger partial charge in [-0.2, -0.15) is 0 Å². The highest BCUT2D eigenvalue weighted by Crippen LogP contribution is 2.19. The molecule has 1 aromatic heterocycles. The largest absolute Gasteiger partial charge is 0.468 e. The number of carbonyl (C=O) groups excluding carboxylic acids is 1. The molecule has 0 bridgehead atoms. The third-order valence-electron chi connectivity index (χ3n) is 4.13. The number of hydrogen-bond donors (Lipinski definition) is 2. The molecule has 24 heavy (non-hydrogen) atoms. The van der Waals surface area contributed by atoms with Gasteiger partial charge in [0.1, 0.15) is 5.76 Å². The normalized spacial score (nSPS) is 14.1. The molecule has 2 aromatic rings. The maximum absolute atomic E-state index is 12.0. The van der Waals surface area contributed by atoms with E-state index in [2.05, 4.69) is 10.2 Å². The van der Waals surface area contributed by atoms with Gasteiger partial charge in [-0.25, -0.2) is 0 Å². The number of hydrogen-bond acceptors (Lipinski definition) is 4. The minimum absolute atomic E-state index is 0.0109. The van der Waals surface area contributed by atoms with Crippen molar-refractivity contribution in [2.45, 2.75) is 38.4 Å². The van der Waals surface area contributed by atoms with Crippen molar-refractivity contribution in [1.82, 2.24) is 10.2 Å². The number of aliphatic hydroxyl groups is 1. The zero-order valence-electron chi connectivity index (χ0n) is 13.8. The van der Waals surface area contributed by atoms with Crippen LogP contribution in [0.3, 0.4) is 0 Å². The first-order valence-electron chi connectivity index (χ1n) is 8.50. The number of benzene rings is 1. The van der Waals surface area contributed by atoms with E-state index in [0.717, 1.165) is 43.7 Å². The lowest BCUT2D eigenvalue weighted by atomic mass is 10.1. The van der Waals surface area contributed by atoms with Crippen LogP contribution in [0, 0.1) is 0 Å². The summed E-state index contributed by atoms with van der Waals surface area (Å²) in [6.45, 7) is 2.43. The van der Waals surface area contributed by atoms with E-state index < -0.39 is 0 Å². The lowest BCUT2D eigenvalue weighted by Gasteiger charge is -2.21. The third-order valence-corrected chi connectivity index (χ3v) is 4.13. The van der Waals surface area contributed by atoms with Crippen molar-refractivity contribution >= 4 is 5.91 Å². The van der Waals surface area contributed by atoms with Gasteiger partial charge in [0, 0.05) is 31.3 Å². The van der Waals surface area contributed by atoms with Crippen LogP contribution in [0.25, 0.3) is 0 Å². The summed E-state index contributed by atoms with van der Waals surface area (Å²) in [7, 11) is 0. The molecule has 128 valence electrons. The standard InChI is InChI=1S/C19H24N2O3/c22-11-2-10-21(14-18-3-1-12-24-18)13-15-4-6-16(7-5-15)19(23)20-17-8-9-17/h1,3-7,12,17,22H,2,8-11,13-14H2,(H,20,23). The Hall–Kier alpha value is -2.11. The van der Waals surface area contributed by atoms with E-state index in [-0.39, 0.29) is 12.5 Å². The first-order chi connectivity index (χ1) is 11.7. The van der Waals surface area contributed by atoms with E-state index in [4.69, 9.17) is 9.52 Å². The third kappa shape index (κ3) is 4.94. The van der Waals surface area contributed by atoms with Crippen LogP contribution in [0.15, 0.2) is 47.1 Å². The van der Waals surface area contributed by atoms with Gasteiger partial charge in [-0.15, -0.1) is 0 Å². The minimum Gasteiger partial charge on any atom is -0.468 e. The first kappa shape index (κ1) is 16.7. The number of aliphatic hydroxyl groups excluding tert-OH is 1. The fraction of sp³-hybridized carbons (Fsp3) is 0.421. The summed E-state index contributed by atoms with van der Waals surface area (Å²) < 4.78 is 5.42. The van der Waals surface area contributed by atoms with Gasteiger partial charge in [0.15, 0.2) is 0 Å². The highest BCUT2D eigenvalue weighted by molar-refractivity contribution is 5.94. The Balaban J connectivity index is 1.59. The summed E-state index contributed by atoms with van der Waals surface area (Å²) in [5, 5.41) is 12.1. The molecule has 0 atom stereocenters. The SMILES string of the molecule is O=C(NC1CC1)c1ccc(CN(CCCO)Cc2ccco2)cc1. The number of carbonyl (C=O) groups is 1. The quantitative estimate of drug-likeness (QED) is 0.742. The van der Waals surface area contributed by atoms with Crippen molar-refractivity contribution < 1.29 is 14.3 Å². The Morgan fingerprint density at radius 1 is 1.21 bits per heavy atom. The summed E-state index contributed by atoms with van der Waals surface area (Å²) in [6, 6.07) is 12.0. The topological polar surface area (TPSA) is 65.7 Å². The number of furan rings is 1. The van der Waals surface area contributed by atoms with Crippen LogP contribution in [-0.4, -0.2) is 35.1 Å². The molecule has 1 fully saturated rings. The molecule has 1 saturated carbocycles. The summed E-state index contributed by atoms with van der Waals surface area (Å²) in [6.07, 6.45) is 4.59. The molecule has 5 nitrogen and oxygen atoms in total. The molecular weight excluding hydrogens is 304 g/mol. The number of rotatable bonds is 9. The predicted molar refractivity (Wildman–Crippen MR) is 91.5 cm³/mol. The van der Waals surface area contributed by atoms with Crippen molar-refractivity contribution in [2.75, 3.05) is 13.2 Å². The molecule has 2 N–H and O–H groups in total. The van der Waals surface area contributed by atoms with Crippen LogP contribution >= 0.6 is 0 Å². The average Bonchev–Trinajstić information content (AvgIpc) is 3.26. The van der Waals surface area contributed by atoms with Crippen molar-refractivity contribution in [2.24, 2.45) is 0 Å². The highest BCUT2D eigenvalue weighted by Gasteiger charge is 2.23. The molecule has 5 heteroatoms. The molecule has 1 aliphatic rings. The Bertz CT molecular complexity index is 633. The van der Waals surface area contributed by atoms with E-state index in [0.29, 0.717) is 18.2 Å². The molecule has 0 aliphatic heterocycles. The van der Waals surface area contributed by atoms with Gasteiger partial charge in [0.05, 0.1) is 12.8 Å². The predicted octanol–water partition coefficient (Wildman–Crippen LogP) is 2.56. The molecule has 1 aromatic carbocycles. The summed E-state index contributed by atoms with van der Waals surface area (Å²) in [4.78, 5) is 14.3. The van der Waals surface area contributed by atoms with Gasteiger partial charge >= 0.3 is 0 Å². The van der Waals surface area contributed by atoms with Crippen molar-refractivity contribution in [3.8, 4) is 0 Å². The van der Waals surface area contributed by atoms with Crippen LogP contribution in [0.4, 0.5) is 0 Å². The van der Waals surface area contributed by atoms with Crippen molar-refractivity contribution in [3.05, 3.63) is 59.5 Å². The van der Waals surface area contributed by atoms with Crippen molar-refractivity contribution in [3.63, 3.8) is 0 Å². The molecule has 1 amide bonds.